The van der Waals surface area contributed by atoms with Crippen LogP contribution in [0.4, 0.5) is 0 Å². The van der Waals surface area contributed by atoms with Gasteiger partial charge in [-0.15, -0.1) is 0 Å². The normalized spacial score (nSPS) is 9.50. The van der Waals surface area contributed by atoms with Gasteiger partial charge in [-0.05, 0) is 72.1 Å². The van der Waals surface area contributed by atoms with Gasteiger partial charge in [0.25, 0.3) is 0 Å². The van der Waals surface area contributed by atoms with Gasteiger partial charge in [0.1, 0.15) is 0 Å². The van der Waals surface area contributed by atoms with Crippen LogP contribution in [0, 0.1) is 0 Å². The fourth-order valence-electron chi connectivity index (χ4n) is 2.02. The summed E-state index contributed by atoms with van der Waals surface area (Å²) in [6.45, 7) is 0. The van der Waals surface area contributed by atoms with Gasteiger partial charge in [0.2, 0.25) is 0 Å². The summed E-state index contributed by atoms with van der Waals surface area (Å²) in [7, 11) is -1.40. The lowest BCUT2D eigenvalue weighted by atomic mass is 9.82. The number of nitrogens with zero attached hydrogens (tertiary/aromatic N) is 4. The van der Waals surface area contributed by atoms with Crippen LogP contribution in [0.1, 0.15) is 0 Å². The van der Waals surface area contributed by atoms with Gasteiger partial charge in [-0.3, -0.25) is 19.9 Å². The van der Waals surface area contributed by atoms with Gasteiger partial charge in [-0.2, -0.15) is 0 Å². The van der Waals surface area contributed by atoms with E-state index in [1.165, 1.54) is 6.20 Å². The molecule has 0 aliphatic rings. The maximum absolute atomic E-state index is 8.54. The van der Waals surface area contributed by atoms with Crippen molar-refractivity contribution in [2.75, 3.05) is 0 Å². The number of aromatic nitrogens is 4. The van der Waals surface area contributed by atoms with E-state index in [9.17, 15) is 0 Å². The molecule has 0 aliphatic heterocycles. The zero-order valence-corrected chi connectivity index (χ0v) is 20.2. The summed E-state index contributed by atoms with van der Waals surface area (Å²) in [5.41, 5.74) is 2.57. The lowest BCUT2D eigenvalue weighted by molar-refractivity contribution is 0.425. The first kappa shape index (κ1) is 24.3. The zero-order valence-electron chi connectivity index (χ0n) is 15.5. The van der Waals surface area contributed by atoms with Crippen LogP contribution in [0.5, 0.6) is 0 Å². The molecule has 0 atom stereocenters. The Morgan fingerprint density at radius 1 is 0.600 bits per heavy atom. The summed E-state index contributed by atoms with van der Waals surface area (Å²) >= 11 is 9.92. The molecule has 30 heavy (non-hydrogen) atoms. The summed E-state index contributed by atoms with van der Waals surface area (Å²) in [4.78, 5) is 15.7. The van der Waals surface area contributed by atoms with Crippen molar-refractivity contribution < 1.29 is 10.0 Å². The average Bonchev–Trinajstić information content (AvgIpc) is 2.76. The Labute approximate surface area is 200 Å². The van der Waals surface area contributed by atoms with Gasteiger partial charge in [0.15, 0.2) is 0 Å². The lowest BCUT2D eigenvalue weighted by Crippen LogP contribution is -2.29. The molecule has 0 aliphatic carbocycles. The number of hydrogen-bond acceptors (Lipinski definition) is 6. The predicted octanol–water partition coefficient (Wildman–Crippen LogP) is 4.27. The van der Waals surface area contributed by atoms with E-state index in [1.807, 2.05) is 36.7 Å². The first-order valence-electron chi connectivity index (χ1n) is 8.49. The van der Waals surface area contributed by atoms with Crippen LogP contribution in [-0.4, -0.2) is 37.1 Å². The molecule has 0 spiro atoms. The van der Waals surface area contributed by atoms with Gasteiger partial charge >= 0.3 is 7.12 Å². The predicted molar refractivity (Wildman–Crippen MR) is 129 cm³/mol. The fraction of sp³-hybridized carbons (Fsp3) is 0. The monoisotopic (exact) mass is 592 g/mol. The summed E-state index contributed by atoms with van der Waals surface area (Å²) < 4.78 is 2.97. The number of hydrogen-bond donors (Lipinski definition) is 2. The van der Waals surface area contributed by atoms with E-state index in [0.717, 1.165) is 24.5 Å². The first-order valence-corrected chi connectivity index (χ1v) is 10.9. The van der Waals surface area contributed by atoms with Crippen molar-refractivity contribution in [2.24, 2.45) is 0 Å². The molecule has 0 amide bonds. The zero-order chi connectivity index (χ0) is 21.8. The van der Waals surface area contributed by atoms with Gasteiger partial charge in [-0.1, -0.05) is 12.1 Å². The minimum atomic E-state index is -1.40. The highest BCUT2D eigenvalue weighted by atomic mass is 79.9. The Balaban J connectivity index is 0.000000167. The Morgan fingerprint density at radius 2 is 1.13 bits per heavy atom. The number of rotatable bonds is 2. The van der Waals surface area contributed by atoms with Gasteiger partial charge in [0, 0.05) is 79.6 Å². The highest BCUT2D eigenvalue weighted by Crippen LogP contribution is 2.20. The maximum Gasteiger partial charge on any atom is 0.490 e. The fourth-order valence-corrected chi connectivity index (χ4v) is 3.42. The third-order valence-corrected chi connectivity index (χ3v) is 4.65. The lowest BCUT2D eigenvalue weighted by Gasteiger charge is -1.99. The van der Waals surface area contributed by atoms with E-state index in [4.69, 9.17) is 10.0 Å². The molecular weight excluding hydrogens is 579 g/mol. The van der Waals surface area contributed by atoms with Crippen LogP contribution in [0.3, 0.4) is 0 Å². The molecule has 0 aromatic carbocycles. The minimum Gasteiger partial charge on any atom is -0.423 e. The van der Waals surface area contributed by atoms with E-state index >= 15 is 0 Å². The molecule has 0 fully saturated rings. The molecule has 4 aromatic heterocycles. The minimum absolute atomic E-state index is 0.414. The van der Waals surface area contributed by atoms with E-state index in [2.05, 4.69) is 67.7 Å². The Kier molecular flexibility index (Phi) is 10.8. The Morgan fingerprint density at radius 3 is 1.53 bits per heavy atom. The molecule has 0 saturated carbocycles. The van der Waals surface area contributed by atoms with Crippen LogP contribution >= 0.6 is 47.8 Å². The summed E-state index contributed by atoms with van der Waals surface area (Å²) in [6, 6.07) is 11.1. The van der Waals surface area contributed by atoms with Gasteiger partial charge in [0.05, 0.1) is 0 Å². The molecule has 2 N–H and O–H groups in total. The van der Waals surface area contributed by atoms with Crippen molar-refractivity contribution >= 4 is 60.4 Å². The smallest absolute Gasteiger partial charge is 0.423 e. The molecule has 0 radical (unpaired) electrons. The van der Waals surface area contributed by atoms with Gasteiger partial charge < -0.3 is 10.0 Å². The first-order chi connectivity index (χ1) is 14.5. The van der Waals surface area contributed by atoms with Crippen molar-refractivity contribution in [3.05, 3.63) is 99.4 Å². The second kappa shape index (κ2) is 13.4. The third kappa shape index (κ3) is 9.23. The topological polar surface area (TPSA) is 92.0 Å². The van der Waals surface area contributed by atoms with E-state index in [0.29, 0.717) is 5.46 Å². The second-order valence-electron chi connectivity index (χ2n) is 5.61. The van der Waals surface area contributed by atoms with Crippen LogP contribution in [0.15, 0.2) is 99.4 Å². The molecule has 6 nitrogen and oxygen atoms in total. The third-order valence-electron chi connectivity index (χ3n) is 3.35. The second-order valence-corrected chi connectivity index (χ2v) is 8.36. The summed E-state index contributed by atoms with van der Waals surface area (Å²) in [6.07, 6.45) is 13.6. The molecule has 0 saturated heterocycles. The van der Waals surface area contributed by atoms with Crippen molar-refractivity contribution in [3.63, 3.8) is 0 Å². The SMILES string of the molecule is Brc1cncc(-c2cccnc2)c1.Brc1cncc(Br)c1.OB(O)c1cccnc1. The van der Waals surface area contributed by atoms with Crippen molar-refractivity contribution in [1.82, 2.24) is 19.9 Å². The average molecular weight is 595 g/mol. The summed E-state index contributed by atoms with van der Waals surface area (Å²) in [5, 5.41) is 17.1. The largest absolute Gasteiger partial charge is 0.490 e. The highest BCUT2D eigenvalue weighted by Gasteiger charge is 2.08. The van der Waals surface area contributed by atoms with Crippen LogP contribution < -0.4 is 5.46 Å². The Hall–Kier alpha value is -1.98. The quantitative estimate of drug-likeness (QED) is 0.337. The molecule has 152 valence electrons. The van der Waals surface area contributed by atoms with Crippen molar-refractivity contribution in [1.29, 1.82) is 0 Å². The van der Waals surface area contributed by atoms with Crippen molar-refractivity contribution in [3.8, 4) is 11.1 Å². The molecular formula is C20H16BBr3N4O2. The highest BCUT2D eigenvalue weighted by molar-refractivity contribution is 9.11. The standard InChI is InChI=1S/C10H7BrN2.C5H6BNO2.C5H3Br2N/c11-10-4-9(6-13-7-10)8-2-1-3-12-5-8;8-6(9)5-2-1-3-7-4-5;6-4-1-5(7)3-8-2-4/h1-7H;1-4,8-9H;1-3H. The van der Waals surface area contributed by atoms with Crippen LogP contribution in [0.2, 0.25) is 0 Å². The molecule has 4 aromatic rings. The molecule has 4 heterocycles. The van der Waals surface area contributed by atoms with Gasteiger partial charge in [-0.25, -0.2) is 0 Å². The van der Waals surface area contributed by atoms with Crippen molar-refractivity contribution in [2.45, 2.75) is 0 Å². The van der Waals surface area contributed by atoms with Crippen LogP contribution in [-0.2, 0) is 0 Å². The molecule has 0 bridgehead atoms. The van der Waals surface area contributed by atoms with E-state index in [1.54, 1.807) is 43.1 Å². The molecule has 0 unspecified atom stereocenters. The number of pyridine rings is 4. The maximum atomic E-state index is 8.54. The van der Waals surface area contributed by atoms with Crippen LogP contribution in [0.25, 0.3) is 11.1 Å². The number of halogens is 3. The molecule has 10 heteroatoms. The Bertz CT molecular complexity index is 1010. The summed E-state index contributed by atoms with van der Waals surface area (Å²) in [5.74, 6) is 0. The molecule has 4 rings (SSSR count). The van der Waals surface area contributed by atoms with E-state index < -0.39 is 7.12 Å². The van der Waals surface area contributed by atoms with E-state index in [-0.39, 0.29) is 0 Å².